The third kappa shape index (κ3) is 3.14. The van der Waals surface area contributed by atoms with E-state index in [1.54, 1.807) is 0 Å². The fraction of sp³-hybridized carbons (Fsp3) is 0.333. The van der Waals surface area contributed by atoms with Gasteiger partial charge in [0.15, 0.2) is 6.40 Å². The second kappa shape index (κ2) is 4.14. The fourth-order valence-corrected chi connectivity index (χ4v) is 0.0805. The Kier molecular flexibility index (Phi) is 3.55. The van der Waals surface area contributed by atoms with Gasteiger partial charge in [0.25, 0.3) is 0 Å². The summed E-state index contributed by atoms with van der Waals surface area (Å²) in [5.41, 5.74) is 0. The van der Waals surface area contributed by atoms with Crippen LogP contribution in [0.4, 0.5) is 0 Å². The van der Waals surface area contributed by atoms with E-state index in [1.807, 2.05) is 0 Å². The van der Waals surface area contributed by atoms with Crippen molar-refractivity contribution in [2.45, 2.75) is 0 Å². The van der Waals surface area contributed by atoms with Crippen molar-refractivity contribution in [2.24, 2.45) is 10.2 Å². The minimum absolute atomic E-state index is 1.20. The second-order valence-corrected chi connectivity index (χ2v) is 0.598. The van der Waals surface area contributed by atoms with Crippen LogP contribution in [0.3, 0.4) is 0 Å². The molecule has 0 spiro atoms. The molecule has 0 rings (SSSR count). The molecule has 0 aromatic rings. The van der Waals surface area contributed by atoms with Crippen molar-refractivity contribution in [3.63, 3.8) is 0 Å². The average Bonchev–Trinajstić information content (AvgIpc) is 1.61. The Morgan fingerprint density at radius 2 is 2.50 bits per heavy atom. The van der Waals surface area contributed by atoms with Gasteiger partial charge >= 0.3 is 0 Å². The summed E-state index contributed by atoms with van der Waals surface area (Å²) in [5.74, 6) is 0. The van der Waals surface area contributed by atoms with Gasteiger partial charge in [0.2, 0.25) is 0 Å². The molecule has 34 valence electrons. The minimum atomic E-state index is 1.20. The smallest absolute Gasteiger partial charge is 0.194 e. The fourth-order valence-electron chi connectivity index (χ4n) is 0.0805. The highest BCUT2D eigenvalue weighted by atomic mass is 16.5. The van der Waals surface area contributed by atoms with Crippen LogP contribution in [0, 0.1) is 0 Å². The van der Waals surface area contributed by atoms with E-state index in [0.717, 1.165) is 0 Å². The monoisotopic (exact) mass is 86.0 g/mol. The minimum Gasteiger partial charge on any atom is -0.485 e. The zero-order chi connectivity index (χ0) is 4.83. The van der Waals surface area contributed by atoms with E-state index in [4.69, 9.17) is 0 Å². The highest BCUT2D eigenvalue weighted by Gasteiger charge is 1.52. The summed E-state index contributed by atoms with van der Waals surface area (Å²) < 4.78 is 4.36. The average molecular weight is 86.1 g/mol. The van der Waals surface area contributed by atoms with E-state index in [9.17, 15) is 0 Å². The molecule has 0 radical (unpaired) electrons. The zero-order valence-electron chi connectivity index (χ0n) is 3.59. The molecule has 0 N–H and O–H groups in total. The summed E-state index contributed by atoms with van der Waals surface area (Å²) in [4.78, 5) is 0. The van der Waals surface area contributed by atoms with E-state index in [-0.39, 0.29) is 0 Å². The van der Waals surface area contributed by atoms with Crippen molar-refractivity contribution < 1.29 is 4.74 Å². The molecule has 0 aromatic heterocycles. The molecule has 0 saturated carbocycles. The Hall–Kier alpha value is -0.860. The van der Waals surface area contributed by atoms with Crippen LogP contribution in [0.2, 0.25) is 0 Å². The first kappa shape index (κ1) is 5.14. The van der Waals surface area contributed by atoms with Gasteiger partial charge < -0.3 is 4.74 Å². The van der Waals surface area contributed by atoms with Gasteiger partial charge in [0.05, 0.1) is 7.11 Å². The molecule has 0 aliphatic rings. The lowest BCUT2D eigenvalue weighted by Gasteiger charge is -1.76. The second-order valence-electron chi connectivity index (χ2n) is 0.598. The Labute approximate surface area is 36.3 Å². The van der Waals surface area contributed by atoms with E-state index >= 15 is 0 Å². The molecule has 0 saturated heterocycles. The number of hydrogen-bond acceptors (Lipinski definition) is 3. The molecule has 0 atom stereocenters. The summed E-state index contributed by atoms with van der Waals surface area (Å²) in [6.07, 6.45) is 1.20. The Morgan fingerprint density at radius 1 is 1.83 bits per heavy atom. The number of ether oxygens (including phenoxy) is 1. The first-order chi connectivity index (χ1) is 2.91. The molecule has 0 aliphatic heterocycles. The van der Waals surface area contributed by atoms with Crippen LogP contribution in [0.25, 0.3) is 0 Å². The van der Waals surface area contributed by atoms with Crippen molar-refractivity contribution in [3.8, 4) is 0 Å². The molecule has 0 aromatic carbocycles. The van der Waals surface area contributed by atoms with Crippen molar-refractivity contribution in [1.29, 1.82) is 0 Å². The largest absolute Gasteiger partial charge is 0.485 e. The molecule has 0 unspecified atom stereocenters. The lowest BCUT2D eigenvalue weighted by Crippen LogP contribution is -1.71. The lowest BCUT2D eigenvalue weighted by molar-refractivity contribution is 0.421. The SMILES string of the molecule is C=NN=COC. The first-order valence-electron chi connectivity index (χ1n) is 1.42. The number of nitrogens with zero attached hydrogens (tertiary/aromatic N) is 2. The van der Waals surface area contributed by atoms with Crippen LogP contribution in [-0.4, -0.2) is 20.2 Å². The first-order valence-corrected chi connectivity index (χ1v) is 1.42. The van der Waals surface area contributed by atoms with Crippen LogP contribution < -0.4 is 0 Å². The number of methoxy groups -OCH3 is 1. The van der Waals surface area contributed by atoms with Gasteiger partial charge in [-0.25, -0.2) is 0 Å². The lowest BCUT2D eigenvalue weighted by atomic mass is 11.4. The summed E-state index contributed by atoms with van der Waals surface area (Å²) in [6.45, 7) is 3.07. The van der Waals surface area contributed by atoms with Crippen molar-refractivity contribution >= 4 is 13.1 Å². The molecule has 0 fully saturated rings. The van der Waals surface area contributed by atoms with E-state index < -0.39 is 0 Å². The molecule has 0 heterocycles. The number of hydrogen-bond donors (Lipinski definition) is 0. The van der Waals surface area contributed by atoms with Crippen LogP contribution in [-0.2, 0) is 4.74 Å². The molecule has 3 nitrogen and oxygen atoms in total. The van der Waals surface area contributed by atoms with Gasteiger partial charge in [-0.2, -0.15) is 5.10 Å². The summed E-state index contributed by atoms with van der Waals surface area (Å²) >= 11 is 0. The molecule has 0 bridgehead atoms. The third-order valence-corrected chi connectivity index (χ3v) is 0.234. The maximum atomic E-state index is 4.36. The summed E-state index contributed by atoms with van der Waals surface area (Å²) in [7, 11) is 1.49. The third-order valence-electron chi connectivity index (χ3n) is 0.234. The standard InChI is InChI=1S/C3H6N2O/c1-4-5-3-6-2/h3H,1H2,2H3. The predicted octanol–water partition coefficient (Wildman–Crippen LogP) is 0.277. The number of rotatable bonds is 2. The Bertz CT molecular complexity index is 59.8. The van der Waals surface area contributed by atoms with Crippen molar-refractivity contribution in [2.75, 3.05) is 7.11 Å². The van der Waals surface area contributed by atoms with E-state index in [1.165, 1.54) is 13.5 Å². The van der Waals surface area contributed by atoms with Gasteiger partial charge in [-0.05, 0) is 0 Å². The summed E-state index contributed by atoms with van der Waals surface area (Å²) in [5, 5.41) is 6.38. The Morgan fingerprint density at radius 3 is 2.67 bits per heavy atom. The molecular weight excluding hydrogens is 80.0 g/mol. The zero-order valence-corrected chi connectivity index (χ0v) is 3.59. The van der Waals surface area contributed by atoms with Gasteiger partial charge in [-0.15, -0.1) is 5.10 Å². The predicted molar refractivity (Wildman–Crippen MR) is 25.0 cm³/mol. The topological polar surface area (TPSA) is 34.0 Å². The molecule has 6 heavy (non-hydrogen) atoms. The quantitative estimate of drug-likeness (QED) is 0.270. The van der Waals surface area contributed by atoms with Gasteiger partial charge in [0.1, 0.15) is 0 Å². The summed E-state index contributed by atoms with van der Waals surface area (Å²) in [6, 6.07) is 0. The van der Waals surface area contributed by atoms with Gasteiger partial charge in [-0.1, -0.05) is 0 Å². The van der Waals surface area contributed by atoms with Gasteiger partial charge in [-0.3, -0.25) is 0 Å². The Balaban J connectivity index is 2.94. The van der Waals surface area contributed by atoms with Crippen LogP contribution in [0.1, 0.15) is 0 Å². The van der Waals surface area contributed by atoms with Crippen LogP contribution >= 0.6 is 0 Å². The van der Waals surface area contributed by atoms with E-state index in [0.29, 0.717) is 0 Å². The molecule has 3 heteroatoms. The van der Waals surface area contributed by atoms with Crippen molar-refractivity contribution in [1.82, 2.24) is 0 Å². The maximum Gasteiger partial charge on any atom is 0.194 e. The maximum absolute atomic E-state index is 4.36. The van der Waals surface area contributed by atoms with Crippen LogP contribution in [0.5, 0.6) is 0 Å². The molecule has 0 aliphatic carbocycles. The van der Waals surface area contributed by atoms with E-state index in [2.05, 4.69) is 21.7 Å². The molecular formula is C3H6N2O. The van der Waals surface area contributed by atoms with Crippen molar-refractivity contribution in [3.05, 3.63) is 0 Å². The normalized spacial score (nSPS) is 8.83. The molecule has 0 amide bonds. The van der Waals surface area contributed by atoms with Gasteiger partial charge in [0, 0.05) is 6.72 Å². The highest BCUT2D eigenvalue weighted by molar-refractivity contribution is 5.46. The van der Waals surface area contributed by atoms with Crippen LogP contribution in [0.15, 0.2) is 10.2 Å². The highest BCUT2D eigenvalue weighted by Crippen LogP contribution is 1.59.